The van der Waals surface area contributed by atoms with E-state index in [1.54, 1.807) is 6.92 Å². The highest BCUT2D eigenvalue weighted by Gasteiger charge is 2.27. The van der Waals surface area contributed by atoms with Crippen LogP contribution >= 0.6 is 0 Å². The van der Waals surface area contributed by atoms with Crippen molar-refractivity contribution in [1.29, 1.82) is 5.41 Å². The minimum absolute atomic E-state index is 0.0234. The van der Waals surface area contributed by atoms with E-state index in [-0.39, 0.29) is 17.9 Å². The molecule has 2 atom stereocenters. The maximum Gasteiger partial charge on any atom is 0.273 e. The van der Waals surface area contributed by atoms with Gasteiger partial charge in [0, 0.05) is 24.5 Å². The van der Waals surface area contributed by atoms with Crippen LogP contribution in [0.2, 0.25) is 0 Å². The number of hydrogen-bond donors (Lipinski definition) is 4. The molecule has 1 amide bonds. The minimum atomic E-state index is -0.432. The van der Waals surface area contributed by atoms with Crippen molar-refractivity contribution in [3.63, 3.8) is 0 Å². The summed E-state index contributed by atoms with van der Waals surface area (Å²) < 4.78 is 5.91. The molecule has 1 aliphatic carbocycles. The van der Waals surface area contributed by atoms with Crippen LogP contribution in [0.25, 0.3) is 0 Å². The second-order valence-corrected chi connectivity index (χ2v) is 6.90. The van der Waals surface area contributed by atoms with Gasteiger partial charge in [-0.2, -0.15) is 0 Å². The molecule has 1 saturated heterocycles. The molecular formula is C19H26N4O2. The molecule has 1 aromatic carbocycles. The van der Waals surface area contributed by atoms with Crippen LogP contribution in [0.1, 0.15) is 38.4 Å². The molecule has 1 saturated carbocycles. The number of hydrogen-bond acceptors (Lipinski definition) is 5. The molecule has 0 radical (unpaired) electrons. The van der Waals surface area contributed by atoms with Gasteiger partial charge < -0.3 is 21.1 Å². The first kappa shape index (κ1) is 17.6. The van der Waals surface area contributed by atoms with E-state index >= 15 is 0 Å². The Balaban J connectivity index is 1.62. The zero-order valence-electron chi connectivity index (χ0n) is 14.8. The molecule has 0 aromatic heterocycles. The number of allylic oxidation sites excluding steroid dienone is 1. The van der Waals surface area contributed by atoms with Gasteiger partial charge in [-0.05, 0) is 55.9 Å². The third kappa shape index (κ3) is 4.27. The number of anilines is 1. The van der Waals surface area contributed by atoms with Crippen molar-refractivity contribution >= 4 is 17.3 Å². The maximum atomic E-state index is 12.3. The number of morpholine rings is 1. The lowest BCUT2D eigenvalue weighted by Gasteiger charge is -2.29. The predicted molar refractivity (Wildman–Crippen MR) is 98.6 cm³/mol. The summed E-state index contributed by atoms with van der Waals surface area (Å²) in [5, 5.41) is 14.2. The Hall–Kier alpha value is -2.18. The second-order valence-electron chi connectivity index (χ2n) is 6.90. The lowest BCUT2D eigenvalue weighted by molar-refractivity contribution is -0.110. The van der Waals surface area contributed by atoms with E-state index < -0.39 is 5.91 Å². The van der Waals surface area contributed by atoms with Gasteiger partial charge in [0.2, 0.25) is 0 Å². The molecule has 3 rings (SSSR count). The number of nitrogens with one attached hydrogen (secondary N) is 3. The van der Waals surface area contributed by atoms with Crippen molar-refractivity contribution in [2.75, 3.05) is 18.4 Å². The fraction of sp³-hybridized carbons (Fsp3) is 0.474. The van der Waals surface area contributed by atoms with Gasteiger partial charge in [0.1, 0.15) is 5.71 Å². The third-order valence-corrected chi connectivity index (χ3v) is 4.75. The van der Waals surface area contributed by atoms with E-state index in [0.29, 0.717) is 22.9 Å². The van der Waals surface area contributed by atoms with E-state index in [1.165, 1.54) is 0 Å². The topological polar surface area (TPSA) is 100 Å². The van der Waals surface area contributed by atoms with Gasteiger partial charge in [-0.3, -0.25) is 10.2 Å². The van der Waals surface area contributed by atoms with Gasteiger partial charge in [0.25, 0.3) is 5.91 Å². The highest BCUT2D eigenvalue weighted by molar-refractivity contribution is 6.47. The molecule has 25 heavy (non-hydrogen) atoms. The Bertz CT molecular complexity index is 692. The zero-order chi connectivity index (χ0) is 18.0. The first-order valence-electron chi connectivity index (χ1n) is 8.78. The van der Waals surface area contributed by atoms with E-state index in [9.17, 15) is 4.79 Å². The number of amides is 1. The molecule has 6 heteroatoms. The third-order valence-electron chi connectivity index (χ3n) is 4.75. The summed E-state index contributed by atoms with van der Waals surface area (Å²) in [6, 6.07) is 7.58. The smallest absolute Gasteiger partial charge is 0.273 e. The van der Waals surface area contributed by atoms with Gasteiger partial charge in [-0.25, -0.2) is 0 Å². The number of nitrogens with two attached hydrogens (primary N) is 1. The molecular weight excluding hydrogens is 316 g/mol. The Morgan fingerprint density at radius 2 is 1.96 bits per heavy atom. The van der Waals surface area contributed by atoms with E-state index in [0.717, 1.165) is 31.5 Å². The number of benzene rings is 1. The summed E-state index contributed by atoms with van der Waals surface area (Å²) in [6.45, 7) is 5.44. The van der Waals surface area contributed by atoms with E-state index in [2.05, 4.69) is 10.6 Å². The summed E-state index contributed by atoms with van der Waals surface area (Å²) in [5.41, 5.74) is 8.92. The molecule has 1 aromatic rings. The van der Waals surface area contributed by atoms with Gasteiger partial charge in [0.15, 0.2) is 0 Å². The van der Waals surface area contributed by atoms with E-state index in [4.69, 9.17) is 15.9 Å². The number of rotatable bonds is 5. The molecule has 0 spiro atoms. The normalized spacial score (nSPS) is 24.4. The molecule has 2 aliphatic rings. The van der Waals surface area contributed by atoms with Gasteiger partial charge in [-0.1, -0.05) is 12.1 Å². The van der Waals surface area contributed by atoms with Crippen molar-refractivity contribution in [2.45, 2.75) is 38.9 Å². The van der Waals surface area contributed by atoms with Crippen molar-refractivity contribution in [3.8, 4) is 0 Å². The summed E-state index contributed by atoms with van der Waals surface area (Å²) in [6.07, 6.45) is 2.31. The minimum Gasteiger partial charge on any atom is -0.402 e. The number of carbonyl (C=O) groups is 1. The summed E-state index contributed by atoms with van der Waals surface area (Å²) in [7, 11) is 0. The van der Waals surface area contributed by atoms with Crippen LogP contribution in [0.4, 0.5) is 5.69 Å². The van der Waals surface area contributed by atoms with Crippen molar-refractivity contribution in [2.24, 2.45) is 11.7 Å². The Kier molecular flexibility index (Phi) is 5.20. The average Bonchev–Trinajstić information content (AvgIpc) is 3.45. The molecule has 0 bridgehead atoms. The Morgan fingerprint density at radius 1 is 1.28 bits per heavy atom. The van der Waals surface area contributed by atoms with Crippen LogP contribution in [0.15, 0.2) is 35.5 Å². The first-order valence-corrected chi connectivity index (χ1v) is 8.78. The molecule has 0 unspecified atom stereocenters. The Morgan fingerprint density at radius 3 is 2.56 bits per heavy atom. The van der Waals surface area contributed by atoms with Crippen LogP contribution in [-0.2, 0) is 9.53 Å². The van der Waals surface area contributed by atoms with Gasteiger partial charge >= 0.3 is 0 Å². The van der Waals surface area contributed by atoms with Gasteiger partial charge in [-0.15, -0.1) is 0 Å². The monoisotopic (exact) mass is 342 g/mol. The first-order chi connectivity index (χ1) is 12.0. The summed E-state index contributed by atoms with van der Waals surface area (Å²) in [4.78, 5) is 12.3. The highest BCUT2D eigenvalue weighted by Crippen LogP contribution is 2.35. The molecule has 1 heterocycles. The van der Waals surface area contributed by atoms with Crippen LogP contribution in [0.3, 0.4) is 0 Å². The predicted octanol–water partition coefficient (Wildman–Crippen LogP) is 2.34. The highest BCUT2D eigenvalue weighted by atomic mass is 16.5. The Labute approximate surface area is 148 Å². The van der Waals surface area contributed by atoms with Crippen LogP contribution < -0.4 is 16.4 Å². The van der Waals surface area contributed by atoms with Gasteiger partial charge in [0.05, 0.1) is 12.2 Å². The average molecular weight is 342 g/mol. The van der Waals surface area contributed by atoms with Crippen molar-refractivity contribution in [3.05, 3.63) is 41.1 Å². The van der Waals surface area contributed by atoms with Crippen LogP contribution in [0, 0.1) is 11.3 Å². The summed E-state index contributed by atoms with van der Waals surface area (Å²) in [5.74, 6) is -0.0861. The summed E-state index contributed by atoms with van der Waals surface area (Å²) >= 11 is 0. The van der Waals surface area contributed by atoms with Crippen molar-refractivity contribution in [1.82, 2.24) is 5.32 Å². The molecule has 1 aliphatic heterocycles. The largest absolute Gasteiger partial charge is 0.402 e. The fourth-order valence-corrected chi connectivity index (χ4v) is 2.98. The fourth-order valence-electron chi connectivity index (χ4n) is 2.98. The second kappa shape index (κ2) is 7.37. The molecule has 2 fully saturated rings. The maximum absolute atomic E-state index is 12.3. The zero-order valence-corrected chi connectivity index (χ0v) is 14.8. The number of ether oxygens (including phenoxy) is 1. The molecule has 5 N–H and O–H groups in total. The quantitative estimate of drug-likeness (QED) is 0.617. The van der Waals surface area contributed by atoms with Crippen LogP contribution in [-0.4, -0.2) is 30.8 Å². The van der Waals surface area contributed by atoms with E-state index in [1.807, 2.05) is 31.2 Å². The standard InChI is InChI=1S/C19H26N4O2/c1-11-9-22-10-16(25-11)13-5-7-15(8-6-13)23-19(24)18(21)12(2)17(20)14-3-4-14/h5-8,11,14,16,21-22H,3-4,9-10,20H2,1-2H3,(H,23,24)/t11-,16-/m1/s1. The molecule has 6 nitrogen and oxygen atoms in total. The lowest BCUT2D eigenvalue weighted by atomic mass is 10.1. The lowest BCUT2D eigenvalue weighted by Crippen LogP contribution is -2.38. The van der Waals surface area contributed by atoms with Crippen molar-refractivity contribution < 1.29 is 9.53 Å². The van der Waals surface area contributed by atoms with Crippen LogP contribution in [0.5, 0.6) is 0 Å². The SMILES string of the molecule is CC(C(=N)C(=O)Nc1ccc([C@H]2CNC[C@@H](C)O2)cc1)=C(N)C1CC1. The molecule has 134 valence electrons. The number of carbonyl (C=O) groups excluding carboxylic acids is 1.